The van der Waals surface area contributed by atoms with Crippen LogP contribution in [0.5, 0.6) is 0 Å². The van der Waals surface area contributed by atoms with Crippen LogP contribution in [0.15, 0.2) is 36.4 Å². The molecule has 0 radical (unpaired) electrons. The maximum Gasteiger partial charge on any atom is 0.306 e. The summed E-state index contributed by atoms with van der Waals surface area (Å²) in [6.45, 7) is 8.03. The first kappa shape index (κ1) is 28.9. The number of rotatable bonds is 13. The lowest BCUT2D eigenvalue weighted by molar-refractivity contribution is -0.143. The fraction of sp³-hybridized carbons (Fsp3) is 0.552. The van der Waals surface area contributed by atoms with Crippen molar-refractivity contribution in [1.82, 2.24) is 4.90 Å². The monoisotopic (exact) mass is 535 g/mol. The number of esters is 1. The van der Waals surface area contributed by atoms with Crippen molar-refractivity contribution in [2.75, 3.05) is 26.3 Å². The lowest BCUT2D eigenvalue weighted by atomic mass is 9.99. The first-order valence-corrected chi connectivity index (χ1v) is 13.8. The van der Waals surface area contributed by atoms with Crippen molar-refractivity contribution in [2.24, 2.45) is 0 Å². The number of β-amino-alcohol motifs (C(OH)–C–C–N with tert-alkyl or cyclic N) is 1. The van der Waals surface area contributed by atoms with Crippen LogP contribution in [0.4, 0.5) is 0 Å². The van der Waals surface area contributed by atoms with Crippen molar-refractivity contribution >= 4 is 29.2 Å². The van der Waals surface area contributed by atoms with Crippen molar-refractivity contribution < 1.29 is 19.4 Å². The van der Waals surface area contributed by atoms with Gasteiger partial charge in [-0.05, 0) is 86.9 Å². The van der Waals surface area contributed by atoms with Crippen molar-refractivity contribution in [1.29, 1.82) is 0 Å². The molecule has 7 heteroatoms. The number of carbonyl (C=O) groups excluding carboxylic acids is 1. The number of aryl methyl sites for hydroxylation is 1. The fourth-order valence-corrected chi connectivity index (χ4v) is 5.54. The highest BCUT2D eigenvalue weighted by Gasteiger charge is 2.27. The molecule has 0 bridgehead atoms. The summed E-state index contributed by atoms with van der Waals surface area (Å²) in [4.78, 5) is 14.2. The summed E-state index contributed by atoms with van der Waals surface area (Å²) in [5, 5.41) is 12.2. The minimum absolute atomic E-state index is 0.231. The van der Waals surface area contributed by atoms with Crippen LogP contribution in [0.1, 0.15) is 68.4 Å². The molecule has 2 aromatic carbocycles. The van der Waals surface area contributed by atoms with Crippen LogP contribution in [-0.2, 0) is 33.5 Å². The fourth-order valence-electron chi connectivity index (χ4n) is 5.01. The summed E-state index contributed by atoms with van der Waals surface area (Å²) in [6.07, 6.45) is 4.05. The number of hydrogen-bond acceptors (Lipinski definition) is 5. The zero-order valence-corrected chi connectivity index (χ0v) is 23.2. The molecule has 0 amide bonds. The second-order valence-electron chi connectivity index (χ2n) is 9.52. The number of halogens is 2. The number of likely N-dealkylation sites (tertiary alicyclic amines) is 1. The topological polar surface area (TPSA) is 59.0 Å². The van der Waals surface area contributed by atoms with Gasteiger partial charge in [0, 0.05) is 29.1 Å². The predicted octanol–water partition coefficient (Wildman–Crippen LogP) is 6.20. The molecule has 0 unspecified atom stereocenters. The Labute approximate surface area is 225 Å². The summed E-state index contributed by atoms with van der Waals surface area (Å²) in [5.74, 6) is -0.239. The van der Waals surface area contributed by atoms with Gasteiger partial charge in [-0.2, -0.15) is 0 Å². The molecule has 36 heavy (non-hydrogen) atoms. The Morgan fingerprint density at radius 2 is 2.00 bits per heavy atom. The lowest BCUT2D eigenvalue weighted by Crippen LogP contribution is -2.39. The molecular weight excluding hydrogens is 497 g/mol. The summed E-state index contributed by atoms with van der Waals surface area (Å²) >= 11 is 12.7. The SMILES string of the molecule is CCOC(=O)CCc1c(Cl)cccc1[C@@H](C)OC[C@H](O)CN1CCC[C@H]1Cc1ccc(Cl)c(CC)c1. The Balaban J connectivity index is 1.54. The van der Waals surface area contributed by atoms with Crippen LogP contribution >= 0.6 is 23.2 Å². The second-order valence-corrected chi connectivity index (χ2v) is 10.3. The van der Waals surface area contributed by atoms with E-state index < -0.39 is 6.10 Å². The molecule has 1 aliphatic heterocycles. The van der Waals surface area contributed by atoms with E-state index in [1.807, 2.05) is 31.2 Å². The molecule has 1 N–H and O–H groups in total. The molecular formula is C29H39Cl2NO4. The largest absolute Gasteiger partial charge is 0.466 e. The minimum Gasteiger partial charge on any atom is -0.466 e. The van der Waals surface area contributed by atoms with Crippen LogP contribution in [-0.4, -0.2) is 54.4 Å². The van der Waals surface area contributed by atoms with E-state index >= 15 is 0 Å². The third kappa shape index (κ3) is 8.19. The number of aliphatic hydroxyl groups excluding tert-OH is 1. The molecule has 3 rings (SSSR count). The third-order valence-corrected chi connectivity index (χ3v) is 7.65. The summed E-state index contributed by atoms with van der Waals surface area (Å²) in [7, 11) is 0. The van der Waals surface area contributed by atoms with E-state index in [0.29, 0.717) is 30.6 Å². The molecule has 3 atom stereocenters. The van der Waals surface area contributed by atoms with E-state index in [-0.39, 0.29) is 25.1 Å². The van der Waals surface area contributed by atoms with Crippen molar-refractivity contribution in [3.8, 4) is 0 Å². The molecule has 0 aromatic heterocycles. The molecule has 5 nitrogen and oxygen atoms in total. The first-order chi connectivity index (χ1) is 17.3. The zero-order chi connectivity index (χ0) is 26.1. The Hall–Kier alpha value is -1.63. The number of nitrogens with zero attached hydrogens (tertiary/aromatic N) is 1. The maximum atomic E-state index is 11.8. The molecule has 1 saturated heterocycles. The van der Waals surface area contributed by atoms with Crippen molar-refractivity contribution in [3.05, 3.63) is 68.7 Å². The van der Waals surface area contributed by atoms with Gasteiger partial charge in [-0.15, -0.1) is 0 Å². The third-order valence-electron chi connectivity index (χ3n) is 6.92. The summed E-state index contributed by atoms with van der Waals surface area (Å²) in [5.41, 5.74) is 4.31. The molecule has 0 saturated carbocycles. The quantitative estimate of drug-likeness (QED) is 0.309. The van der Waals surface area contributed by atoms with Gasteiger partial charge in [0.25, 0.3) is 0 Å². The van der Waals surface area contributed by atoms with Gasteiger partial charge in [-0.1, -0.05) is 54.4 Å². The van der Waals surface area contributed by atoms with Gasteiger partial charge in [0.1, 0.15) is 0 Å². The highest BCUT2D eigenvalue weighted by atomic mass is 35.5. The Morgan fingerprint density at radius 3 is 2.75 bits per heavy atom. The van der Waals surface area contributed by atoms with Gasteiger partial charge < -0.3 is 14.6 Å². The Kier molecular flexibility index (Phi) is 11.5. The van der Waals surface area contributed by atoms with Crippen molar-refractivity contribution in [2.45, 2.75) is 77.5 Å². The molecule has 0 spiro atoms. The highest BCUT2D eigenvalue weighted by Crippen LogP contribution is 2.29. The van der Waals surface area contributed by atoms with Crippen LogP contribution in [0, 0.1) is 0 Å². The second kappa shape index (κ2) is 14.3. The number of hydrogen-bond donors (Lipinski definition) is 1. The molecule has 0 aliphatic carbocycles. The van der Waals surface area contributed by atoms with Crippen LogP contribution in [0.2, 0.25) is 10.0 Å². The van der Waals surface area contributed by atoms with Gasteiger partial charge in [0.2, 0.25) is 0 Å². The Morgan fingerprint density at radius 1 is 1.19 bits per heavy atom. The molecule has 1 heterocycles. The zero-order valence-electron chi connectivity index (χ0n) is 21.6. The van der Waals surface area contributed by atoms with E-state index in [9.17, 15) is 9.90 Å². The van der Waals surface area contributed by atoms with Gasteiger partial charge in [0.05, 0.1) is 25.4 Å². The van der Waals surface area contributed by atoms with E-state index in [1.54, 1.807) is 6.92 Å². The number of carbonyl (C=O) groups is 1. The van der Waals surface area contributed by atoms with Crippen LogP contribution in [0.3, 0.4) is 0 Å². The lowest BCUT2D eigenvalue weighted by Gasteiger charge is -2.28. The van der Waals surface area contributed by atoms with E-state index in [2.05, 4.69) is 24.0 Å². The normalized spacial score (nSPS) is 17.8. The average Bonchev–Trinajstić information content (AvgIpc) is 3.29. The van der Waals surface area contributed by atoms with E-state index in [0.717, 1.165) is 48.4 Å². The summed E-state index contributed by atoms with van der Waals surface area (Å²) < 4.78 is 11.1. The van der Waals surface area contributed by atoms with Gasteiger partial charge in [-0.3, -0.25) is 9.69 Å². The average molecular weight is 537 g/mol. The number of aliphatic hydroxyl groups is 1. The van der Waals surface area contributed by atoms with E-state index in [1.165, 1.54) is 11.1 Å². The minimum atomic E-state index is -0.591. The van der Waals surface area contributed by atoms with Gasteiger partial charge in [-0.25, -0.2) is 0 Å². The van der Waals surface area contributed by atoms with Crippen molar-refractivity contribution in [3.63, 3.8) is 0 Å². The van der Waals surface area contributed by atoms with Gasteiger partial charge >= 0.3 is 5.97 Å². The maximum absolute atomic E-state index is 11.8. The number of benzene rings is 2. The molecule has 1 aliphatic rings. The highest BCUT2D eigenvalue weighted by molar-refractivity contribution is 6.31. The molecule has 2 aromatic rings. The van der Waals surface area contributed by atoms with Crippen LogP contribution < -0.4 is 0 Å². The standard InChI is InChI=1S/C29H39Cl2NO4/c1-4-22-16-21(11-13-27(22)30)17-23-8-7-15-32(23)18-24(33)19-36-20(3)25-9-6-10-28(31)26(25)12-14-29(34)35-5-2/h6,9-11,13,16,20,23-24,33H,4-5,7-8,12,14-15,17-19H2,1-3H3/t20-,23+,24-/m1/s1. The first-order valence-electron chi connectivity index (χ1n) is 13.1. The predicted molar refractivity (Wildman–Crippen MR) is 146 cm³/mol. The van der Waals surface area contributed by atoms with Gasteiger partial charge in [0.15, 0.2) is 0 Å². The smallest absolute Gasteiger partial charge is 0.306 e. The Bertz CT molecular complexity index is 999. The van der Waals surface area contributed by atoms with Crippen LogP contribution in [0.25, 0.3) is 0 Å². The summed E-state index contributed by atoms with van der Waals surface area (Å²) in [6, 6.07) is 12.4. The van der Waals surface area contributed by atoms with E-state index in [4.69, 9.17) is 32.7 Å². The number of ether oxygens (including phenoxy) is 2. The molecule has 1 fully saturated rings. The molecule has 198 valence electrons.